The molecular formula is C17H32O3. The van der Waals surface area contributed by atoms with Gasteiger partial charge in [-0.1, -0.05) is 31.6 Å². The minimum absolute atomic E-state index is 0.0880. The average molecular weight is 284 g/mol. The summed E-state index contributed by atoms with van der Waals surface area (Å²) in [5.74, 6) is -0.0880. The van der Waals surface area contributed by atoms with E-state index >= 15 is 0 Å². The van der Waals surface area contributed by atoms with Gasteiger partial charge in [0.25, 0.3) is 0 Å². The molecule has 3 nitrogen and oxygen atoms in total. The molecule has 0 aliphatic carbocycles. The van der Waals surface area contributed by atoms with Crippen LogP contribution in [0.15, 0.2) is 24.3 Å². The van der Waals surface area contributed by atoms with Gasteiger partial charge in [-0.15, -0.1) is 6.58 Å². The number of carbonyl (C=O) groups is 1. The normalized spacial score (nSPS) is 13.8. The minimum atomic E-state index is -0.704. The zero-order valence-electron chi connectivity index (χ0n) is 13.9. The lowest BCUT2D eigenvalue weighted by Crippen LogP contribution is -2.19. The molecule has 0 aromatic heterocycles. The van der Waals surface area contributed by atoms with Crippen LogP contribution in [0.5, 0.6) is 0 Å². The molecule has 1 N–H and O–H groups in total. The van der Waals surface area contributed by atoms with E-state index in [2.05, 4.69) is 31.2 Å². The van der Waals surface area contributed by atoms with Gasteiger partial charge in [-0.2, -0.15) is 0 Å². The monoisotopic (exact) mass is 284 g/mol. The van der Waals surface area contributed by atoms with E-state index < -0.39 is 5.60 Å². The molecule has 0 aliphatic rings. The quantitative estimate of drug-likeness (QED) is 0.530. The van der Waals surface area contributed by atoms with E-state index in [-0.39, 0.29) is 5.97 Å². The van der Waals surface area contributed by atoms with Crippen LogP contribution in [0.3, 0.4) is 0 Å². The van der Waals surface area contributed by atoms with Gasteiger partial charge >= 0.3 is 5.97 Å². The fourth-order valence-electron chi connectivity index (χ4n) is 1.29. The fraction of sp³-hybridized carbons (Fsp3) is 0.706. The smallest absolute Gasteiger partial charge is 0.305 e. The SMILES string of the molecule is C=CC(C)(O)CC/C=C(\C)CC.CCCC(=O)OCC. The van der Waals surface area contributed by atoms with Crippen LogP contribution >= 0.6 is 0 Å². The molecule has 0 bridgehead atoms. The Morgan fingerprint density at radius 3 is 2.35 bits per heavy atom. The summed E-state index contributed by atoms with van der Waals surface area (Å²) in [6.45, 7) is 13.9. The van der Waals surface area contributed by atoms with Crippen molar-refractivity contribution >= 4 is 5.97 Å². The summed E-state index contributed by atoms with van der Waals surface area (Å²) in [4.78, 5) is 10.4. The molecule has 0 aromatic rings. The highest BCUT2D eigenvalue weighted by Gasteiger charge is 2.12. The largest absolute Gasteiger partial charge is 0.466 e. The third kappa shape index (κ3) is 15.0. The van der Waals surface area contributed by atoms with Crippen molar-refractivity contribution in [1.82, 2.24) is 0 Å². The van der Waals surface area contributed by atoms with Gasteiger partial charge in [0, 0.05) is 6.42 Å². The van der Waals surface area contributed by atoms with E-state index in [1.807, 2.05) is 13.8 Å². The molecule has 1 unspecified atom stereocenters. The molecule has 1 atom stereocenters. The number of rotatable bonds is 8. The Bertz CT molecular complexity index is 283. The molecule has 0 fully saturated rings. The summed E-state index contributed by atoms with van der Waals surface area (Å²) >= 11 is 0. The van der Waals surface area contributed by atoms with Crippen molar-refractivity contribution in [3.63, 3.8) is 0 Å². The second kappa shape index (κ2) is 12.9. The third-order valence-corrected chi connectivity index (χ3v) is 2.90. The lowest BCUT2D eigenvalue weighted by atomic mass is 9.99. The molecule has 0 rings (SSSR count). The van der Waals surface area contributed by atoms with Crippen LogP contribution in [0.2, 0.25) is 0 Å². The first-order chi connectivity index (χ1) is 9.32. The zero-order chi connectivity index (χ0) is 16.0. The van der Waals surface area contributed by atoms with E-state index in [1.54, 1.807) is 13.0 Å². The minimum Gasteiger partial charge on any atom is -0.466 e. The lowest BCUT2D eigenvalue weighted by molar-refractivity contribution is -0.143. The van der Waals surface area contributed by atoms with Crippen LogP contribution in [-0.2, 0) is 9.53 Å². The number of aliphatic hydroxyl groups is 1. The number of esters is 1. The fourth-order valence-corrected chi connectivity index (χ4v) is 1.29. The standard InChI is InChI=1S/C11H20O.C6H12O2/c1-5-10(3)8-7-9-11(4,12)6-2;1-3-5-6(7)8-4-2/h6,8,12H,2,5,7,9H2,1,3-4H3;3-5H2,1-2H3/b10-8+;. The summed E-state index contributed by atoms with van der Waals surface area (Å²) < 4.78 is 4.64. The molecule has 0 saturated heterocycles. The molecule has 0 radical (unpaired) electrons. The predicted octanol–water partition coefficient (Wildman–Crippen LogP) is 4.41. The van der Waals surface area contributed by atoms with Gasteiger partial charge in [-0.3, -0.25) is 4.79 Å². The Labute approximate surface area is 124 Å². The van der Waals surface area contributed by atoms with Gasteiger partial charge in [0.1, 0.15) is 0 Å². The summed E-state index contributed by atoms with van der Waals surface area (Å²) in [5, 5.41) is 9.56. The Morgan fingerprint density at radius 2 is 1.95 bits per heavy atom. The van der Waals surface area contributed by atoms with Crippen molar-refractivity contribution in [1.29, 1.82) is 0 Å². The molecule has 0 spiro atoms. The number of allylic oxidation sites excluding steroid dienone is 2. The number of hydrogen-bond acceptors (Lipinski definition) is 3. The van der Waals surface area contributed by atoms with Crippen LogP contribution in [0.25, 0.3) is 0 Å². The van der Waals surface area contributed by atoms with Crippen molar-refractivity contribution in [3.8, 4) is 0 Å². The molecular weight excluding hydrogens is 252 g/mol. The van der Waals surface area contributed by atoms with Crippen molar-refractivity contribution < 1.29 is 14.6 Å². The van der Waals surface area contributed by atoms with Crippen LogP contribution in [-0.4, -0.2) is 23.3 Å². The Kier molecular flexibility index (Phi) is 13.7. The van der Waals surface area contributed by atoms with Gasteiger partial charge in [-0.25, -0.2) is 0 Å². The van der Waals surface area contributed by atoms with Crippen molar-refractivity contribution in [2.24, 2.45) is 0 Å². The van der Waals surface area contributed by atoms with Crippen LogP contribution in [0.4, 0.5) is 0 Å². The first-order valence-electron chi connectivity index (χ1n) is 7.50. The summed E-state index contributed by atoms with van der Waals surface area (Å²) in [7, 11) is 0. The second-order valence-electron chi connectivity index (χ2n) is 5.06. The van der Waals surface area contributed by atoms with Crippen molar-refractivity contribution in [2.75, 3.05) is 6.61 Å². The van der Waals surface area contributed by atoms with Gasteiger partial charge in [0.2, 0.25) is 0 Å². The van der Waals surface area contributed by atoms with Crippen LogP contribution in [0.1, 0.15) is 66.7 Å². The first kappa shape index (κ1) is 21.2. The highest BCUT2D eigenvalue weighted by atomic mass is 16.5. The van der Waals surface area contributed by atoms with Gasteiger partial charge in [-0.05, 0) is 46.5 Å². The van der Waals surface area contributed by atoms with Crippen molar-refractivity contribution in [2.45, 2.75) is 72.3 Å². The van der Waals surface area contributed by atoms with E-state index in [9.17, 15) is 9.90 Å². The van der Waals surface area contributed by atoms with Crippen LogP contribution in [0, 0.1) is 0 Å². The summed E-state index contributed by atoms with van der Waals surface area (Å²) in [5.41, 5.74) is 0.680. The van der Waals surface area contributed by atoms with E-state index in [4.69, 9.17) is 0 Å². The first-order valence-corrected chi connectivity index (χ1v) is 7.50. The zero-order valence-corrected chi connectivity index (χ0v) is 13.9. The van der Waals surface area contributed by atoms with Gasteiger partial charge in [0.05, 0.1) is 12.2 Å². The number of hydrogen-bond donors (Lipinski definition) is 1. The van der Waals surface area contributed by atoms with Crippen molar-refractivity contribution in [3.05, 3.63) is 24.3 Å². The highest BCUT2D eigenvalue weighted by molar-refractivity contribution is 5.69. The molecule has 118 valence electrons. The molecule has 3 heteroatoms. The molecule has 20 heavy (non-hydrogen) atoms. The topological polar surface area (TPSA) is 46.5 Å². The lowest BCUT2D eigenvalue weighted by Gasteiger charge is -2.16. The number of ether oxygens (including phenoxy) is 1. The van der Waals surface area contributed by atoms with E-state index in [0.717, 1.165) is 25.7 Å². The molecule has 0 heterocycles. The summed E-state index contributed by atoms with van der Waals surface area (Å²) in [6.07, 6.45) is 7.98. The molecule has 0 saturated carbocycles. The van der Waals surface area contributed by atoms with Gasteiger partial charge < -0.3 is 9.84 Å². The maximum absolute atomic E-state index is 10.4. The predicted molar refractivity (Wildman–Crippen MR) is 85.6 cm³/mol. The maximum atomic E-state index is 10.4. The molecule has 0 amide bonds. The Hall–Kier alpha value is -1.09. The third-order valence-electron chi connectivity index (χ3n) is 2.90. The number of carbonyl (C=O) groups excluding carboxylic acids is 1. The van der Waals surface area contributed by atoms with Gasteiger partial charge in [0.15, 0.2) is 0 Å². The molecule has 0 aliphatic heterocycles. The van der Waals surface area contributed by atoms with E-state index in [0.29, 0.717) is 13.0 Å². The Morgan fingerprint density at radius 1 is 1.35 bits per heavy atom. The molecule has 0 aromatic carbocycles. The van der Waals surface area contributed by atoms with Crippen LogP contribution < -0.4 is 0 Å². The van der Waals surface area contributed by atoms with E-state index in [1.165, 1.54) is 5.57 Å². The summed E-state index contributed by atoms with van der Waals surface area (Å²) in [6, 6.07) is 0. The Balaban J connectivity index is 0. The highest BCUT2D eigenvalue weighted by Crippen LogP contribution is 2.14. The second-order valence-corrected chi connectivity index (χ2v) is 5.06. The maximum Gasteiger partial charge on any atom is 0.305 e. The average Bonchev–Trinajstić information content (AvgIpc) is 2.39.